The first-order valence-electron chi connectivity index (χ1n) is 6.37. The van der Waals surface area contributed by atoms with Crippen LogP contribution in [0.15, 0.2) is 24.3 Å². The molecule has 2 aromatic rings. The summed E-state index contributed by atoms with van der Waals surface area (Å²) in [6.07, 6.45) is 3.99. The van der Waals surface area contributed by atoms with E-state index >= 15 is 0 Å². The van der Waals surface area contributed by atoms with Gasteiger partial charge in [-0.15, -0.1) is 0 Å². The summed E-state index contributed by atoms with van der Waals surface area (Å²) in [4.78, 5) is 0. The molecule has 88 valence electrons. The highest BCUT2D eigenvalue weighted by atomic mass is 15.1. The Morgan fingerprint density at radius 2 is 2.00 bits per heavy atom. The Bertz CT molecular complexity index is 536. The number of nitrogens with zero attached hydrogens (tertiary/aromatic N) is 1. The van der Waals surface area contributed by atoms with Crippen molar-refractivity contribution in [1.29, 1.82) is 0 Å². The lowest BCUT2D eigenvalue weighted by molar-refractivity contribution is 0.410. The zero-order valence-electron chi connectivity index (χ0n) is 10.5. The van der Waals surface area contributed by atoms with E-state index in [2.05, 4.69) is 48.3 Å². The first kappa shape index (κ1) is 10.6. The van der Waals surface area contributed by atoms with E-state index in [0.717, 1.165) is 11.6 Å². The third kappa shape index (κ3) is 1.88. The molecule has 2 nitrogen and oxygen atoms in total. The van der Waals surface area contributed by atoms with E-state index in [-0.39, 0.29) is 0 Å². The molecule has 2 heteroatoms. The highest BCUT2D eigenvalue weighted by molar-refractivity contribution is 5.64. The number of rotatable bonds is 2. The Morgan fingerprint density at radius 1 is 1.18 bits per heavy atom. The van der Waals surface area contributed by atoms with Crippen LogP contribution in [0.1, 0.15) is 42.0 Å². The minimum absolute atomic E-state index is 0.723. The van der Waals surface area contributed by atoms with E-state index in [0.29, 0.717) is 0 Å². The molecule has 1 aromatic carbocycles. The monoisotopic (exact) mass is 226 g/mol. The summed E-state index contributed by atoms with van der Waals surface area (Å²) in [6, 6.07) is 8.77. The molecule has 1 aliphatic carbocycles. The number of aromatic nitrogens is 2. The zero-order valence-corrected chi connectivity index (χ0v) is 10.5. The summed E-state index contributed by atoms with van der Waals surface area (Å²) in [5.41, 5.74) is 6.24. The summed E-state index contributed by atoms with van der Waals surface area (Å²) < 4.78 is 0. The summed E-state index contributed by atoms with van der Waals surface area (Å²) in [5, 5.41) is 7.67. The van der Waals surface area contributed by atoms with Gasteiger partial charge >= 0.3 is 0 Å². The van der Waals surface area contributed by atoms with E-state index in [1.54, 1.807) is 0 Å². The highest BCUT2D eigenvalue weighted by Gasteiger charge is 2.21. The van der Waals surface area contributed by atoms with Crippen LogP contribution in [-0.4, -0.2) is 10.2 Å². The van der Waals surface area contributed by atoms with E-state index in [4.69, 9.17) is 0 Å². The topological polar surface area (TPSA) is 28.7 Å². The zero-order chi connectivity index (χ0) is 11.8. The maximum absolute atomic E-state index is 4.47. The third-order valence-electron chi connectivity index (χ3n) is 3.81. The van der Waals surface area contributed by atoms with Crippen LogP contribution in [0, 0.1) is 13.8 Å². The van der Waals surface area contributed by atoms with Crippen molar-refractivity contribution in [1.82, 2.24) is 10.2 Å². The molecule has 1 N–H and O–H groups in total. The van der Waals surface area contributed by atoms with Crippen molar-refractivity contribution in [3.8, 4) is 11.3 Å². The van der Waals surface area contributed by atoms with Crippen molar-refractivity contribution in [3.05, 3.63) is 41.1 Å². The van der Waals surface area contributed by atoms with Crippen molar-refractivity contribution >= 4 is 0 Å². The maximum atomic E-state index is 4.47. The smallest absolute Gasteiger partial charge is 0.0926 e. The van der Waals surface area contributed by atoms with Gasteiger partial charge in [0.25, 0.3) is 0 Å². The van der Waals surface area contributed by atoms with Crippen LogP contribution in [0.4, 0.5) is 0 Å². The minimum atomic E-state index is 0.723. The lowest BCUT2D eigenvalue weighted by Gasteiger charge is -2.23. The van der Waals surface area contributed by atoms with Crippen molar-refractivity contribution in [2.24, 2.45) is 0 Å². The maximum Gasteiger partial charge on any atom is 0.0926 e. The second-order valence-corrected chi connectivity index (χ2v) is 5.15. The molecule has 0 saturated heterocycles. The molecule has 1 fully saturated rings. The van der Waals surface area contributed by atoms with Gasteiger partial charge < -0.3 is 0 Å². The molecule has 0 unspecified atom stereocenters. The normalized spacial score (nSPS) is 15.9. The van der Waals surface area contributed by atoms with Crippen LogP contribution in [-0.2, 0) is 0 Å². The van der Waals surface area contributed by atoms with Crippen LogP contribution >= 0.6 is 0 Å². The second kappa shape index (κ2) is 4.02. The molecule has 0 radical (unpaired) electrons. The molecule has 0 bridgehead atoms. The Hall–Kier alpha value is -1.57. The van der Waals surface area contributed by atoms with E-state index < -0.39 is 0 Å². The standard InChI is InChI=1S/C15H18N2/c1-10-6-7-11(2)13(8-10)15-9-14(16-17-15)12-4-3-5-12/h6-9,12H,3-5H2,1-2H3,(H,16,17). The van der Waals surface area contributed by atoms with E-state index in [9.17, 15) is 0 Å². The predicted molar refractivity (Wildman–Crippen MR) is 70.1 cm³/mol. The number of H-pyrrole nitrogens is 1. The molecule has 17 heavy (non-hydrogen) atoms. The Labute approximate surface area is 102 Å². The minimum Gasteiger partial charge on any atom is -0.282 e. The van der Waals surface area contributed by atoms with Gasteiger partial charge in [-0.2, -0.15) is 5.10 Å². The average Bonchev–Trinajstić information content (AvgIpc) is 2.68. The third-order valence-corrected chi connectivity index (χ3v) is 3.81. The predicted octanol–water partition coefficient (Wildman–Crippen LogP) is 3.96. The molecule has 1 aromatic heterocycles. The van der Waals surface area contributed by atoms with Gasteiger partial charge in [0, 0.05) is 17.2 Å². The lowest BCUT2D eigenvalue weighted by atomic mass is 9.83. The van der Waals surface area contributed by atoms with Crippen LogP contribution in [0.25, 0.3) is 11.3 Å². The summed E-state index contributed by atoms with van der Waals surface area (Å²) in [6.45, 7) is 4.27. The van der Waals surface area contributed by atoms with Crippen LogP contribution in [0.5, 0.6) is 0 Å². The molecule has 1 saturated carbocycles. The van der Waals surface area contributed by atoms with Gasteiger partial charge in [-0.05, 0) is 44.4 Å². The number of benzene rings is 1. The molecule has 0 aliphatic heterocycles. The molecule has 1 aliphatic rings. The van der Waals surface area contributed by atoms with Gasteiger partial charge in [0.1, 0.15) is 0 Å². The first-order chi connectivity index (χ1) is 8.24. The fourth-order valence-electron chi connectivity index (χ4n) is 2.41. The molecule has 1 heterocycles. The number of nitrogens with one attached hydrogen (secondary N) is 1. The highest BCUT2D eigenvalue weighted by Crippen LogP contribution is 2.36. The molecule has 3 rings (SSSR count). The second-order valence-electron chi connectivity index (χ2n) is 5.15. The largest absolute Gasteiger partial charge is 0.282 e. The first-order valence-corrected chi connectivity index (χ1v) is 6.37. The quantitative estimate of drug-likeness (QED) is 0.825. The summed E-state index contributed by atoms with van der Waals surface area (Å²) in [5.74, 6) is 0.723. The fraction of sp³-hybridized carbons (Fsp3) is 0.400. The number of aromatic amines is 1. The van der Waals surface area contributed by atoms with Gasteiger partial charge in [0.15, 0.2) is 0 Å². The molecule has 0 spiro atoms. The Morgan fingerprint density at radius 3 is 2.71 bits per heavy atom. The van der Waals surface area contributed by atoms with Gasteiger partial charge in [0.2, 0.25) is 0 Å². The van der Waals surface area contributed by atoms with Crippen molar-refractivity contribution in [2.45, 2.75) is 39.0 Å². The van der Waals surface area contributed by atoms with Gasteiger partial charge in [-0.3, -0.25) is 5.10 Å². The van der Waals surface area contributed by atoms with Crippen molar-refractivity contribution < 1.29 is 0 Å². The number of aryl methyl sites for hydroxylation is 2. The van der Waals surface area contributed by atoms with Gasteiger partial charge in [-0.1, -0.05) is 24.1 Å². The lowest BCUT2D eigenvalue weighted by Crippen LogP contribution is -2.08. The fourth-order valence-corrected chi connectivity index (χ4v) is 2.41. The summed E-state index contributed by atoms with van der Waals surface area (Å²) in [7, 11) is 0. The van der Waals surface area contributed by atoms with Crippen LogP contribution in [0.2, 0.25) is 0 Å². The number of hydrogen-bond donors (Lipinski definition) is 1. The van der Waals surface area contributed by atoms with Crippen LogP contribution in [0.3, 0.4) is 0 Å². The Kier molecular flexibility index (Phi) is 2.50. The summed E-state index contributed by atoms with van der Waals surface area (Å²) >= 11 is 0. The van der Waals surface area contributed by atoms with Gasteiger partial charge in [-0.25, -0.2) is 0 Å². The molecule has 0 atom stereocenters. The van der Waals surface area contributed by atoms with Gasteiger partial charge in [0.05, 0.1) is 5.69 Å². The molecular formula is C15H18N2. The van der Waals surface area contributed by atoms with E-state index in [1.807, 2.05) is 0 Å². The van der Waals surface area contributed by atoms with Crippen LogP contribution < -0.4 is 0 Å². The van der Waals surface area contributed by atoms with Crippen molar-refractivity contribution in [3.63, 3.8) is 0 Å². The molecular weight excluding hydrogens is 208 g/mol. The Balaban J connectivity index is 1.97. The molecule has 0 amide bonds. The average molecular weight is 226 g/mol. The number of hydrogen-bond acceptors (Lipinski definition) is 1. The SMILES string of the molecule is Cc1ccc(C)c(-c2cc(C3CCC3)[nH]n2)c1. The van der Waals surface area contributed by atoms with Crippen molar-refractivity contribution in [2.75, 3.05) is 0 Å². The van der Waals surface area contributed by atoms with E-state index in [1.165, 1.54) is 41.6 Å².